The molecule has 2 atom stereocenters. The Morgan fingerprint density at radius 2 is 1.77 bits per heavy atom. The minimum atomic E-state index is 0.173. The average molecular weight is 372 g/mol. The Balaban J connectivity index is 1.72. The van der Waals surface area contributed by atoms with Gasteiger partial charge in [-0.1, -0.05) is 42.5 Å². The molecule has 2 aromatic carbocycles. The van der Waals surface area contributed by atoms with Crippen LogP contribution in [0.5, 0.6) is 11.5 Å². The van der Waals surface area contributed by atoms with E-state index in [1.54, 1.807) is 7.11 Å². The quantitative estimate of drug-likeness (QED) is 0.740. The van der Waals surface area contributed by atoms with Crippen molar-refractivity contribution in [1.82, 2.24) is 4.90 Å². The molecule has 1 saturated heterocycles. The second-order valence-electron chi connectivity index (χ2n) is 6.61. The summed E-state index contributed by atoms with van der Waals surface area (Å²) in [5.74, 6) is 1.40. The van der Waals surface area contributed by atoms with E-state index in [0.29, 0.717) is 18.1 Å². The Hall–Kier alpha value is -2.11. The molecule has 0 spiro atoms. The van der Waals surface area contributed by atoms with Crippen LogP contribution in [0.1, 0.15) is 25.0 Å². The molecular formula is C21H25NO3S. The molecule has 138 valence electrons. The highest BCUT2D eigenvalue weighted by atomic mass is 32.1. The molecule has 0 unspecified atom stereocenters. The van der Waals surface area contributed by atoms with Gasteiger partial charge in [-0.15, -0.1) is 0 Å². The summed E-state index contributed by atoms with van der Waals surface area (Å²) in [5.41, 5.74) is 2.08. The Morgan fingerprint density at radius 3 is 2.42 bits per heavy atom. The minimum Gasteiger partial charge on any atom is -0.493 e. The number of nitrogens with zero attached hydrogens (tertiary/aromatic N) is 1. The molecule has 3 rings (SSSR count). The first kappa shape index (κ1) is 18.7. The van der Waals surface area contributed by atoms with Crippen molar-refractivity contribution in [3.05, 3.63) is 59.7 Å². The maximum absolute atomic E-state index is 5.93. The Morgan fingerprint density at radius 1 is 1.08 bits per heavy atom. The third-order valence-corrected chi connectivity index (χ3v) is 4.85. The van der Waals surface area contributed by atoms with Gasteiger partial charge in [-0.25, -0.2) is 0 Å². The van der Waals surface area contributed by atoms with Gasteiger partial charge in [0, 0.05) is 18.7 Å². The summed E-state index contributed by atoms with van der Waals surface area (Å²) in [6, 6.07) is 15.9. The summed E-state index contributed by atoms with van der Waals surface area (Å²) in [4.78, 5) is 3.02. The second kappa shape index (κ2) is 8.52. The van der Waals surface area contributed by atoms with Gasteiger partial charge >= 0.3 is 0 Å². The maximum Gasteiger partial charge on any atom is 0.161 e. The highest BCUT2D eigenvalue weighted by molar-refractivity contribution is 7.80. The van der Waals surface area contributed by atoms with Crippen molar-refractivity contribution in [3.63, 3.8) is 0 Å². The van der Waals surface area contributed by atoms with E-state index in [1.165, 1.54) is 0 Å². The van der Waals surface area contributed by atoms with E-state index in [0.717, 1.165) is 29.2 Å². The largest absolute Gasteiger partial charge is 0.493 e. The molecule has 0 saturated carbocycles. The topological polar surface area (TPSA) is 30.9 Å². The molecule has 0 N–H and O–H groups in total. The summed E-state index contributed by atoms with van der Waals surface area (Å²) < 4.78 is 17.2. The van der Waals surface area contributed by atoms with E-state index in [9.17, 15) is 0 Å². The van der Waals surface area contributed by atoms with Crippen LogP contribution < -0.4 is 9.47 Å². The molecule has 2 aromatic rings. The van der Waals surface area contributed by atoms with E-state index in [2.05, 4.69) is 18.7 Å². The van der Waals surface area contributed by atoms with Gasteiger partial charge in [-0.3, -0.25) is 0 Å². The molecule has 0 bridgehead atoms. The third-order valence-electron chi connectivity index (χ3n) is 4.35. The van der Waals surface area contributed by atoms with Crippen LogP contribution >= 0.6 is 12.2 Å². The molecule has 26 heavy (non-hydrogen) atoms. The minimum absolute atomic E-state index is 0.173. The smallest absolute Gasteiger partial charge is 0.161 e. The van der Waals surface area contributed by atoms with Crippen LogP contribution in [0.15, 0.2) is 48.5 Å². The lowest BCUT2D eigenvalue weighted by Crippen LogP contribution is -2.47. The van der Waals surface area contributed by atoms with Crippen LogP contribution in [-0.4, -0.2) is 42.3 Å². The molecular weight excluding hydrogens is 346 g/mol. The lowest BCUT2D eigenvalue weighted by atomic mass is 10.1. The second-order valence-corrected chi connectivity index (χ2v) is 6.99. The number of rotatable bonds is 5. The number of thiocarbonyl (C=S) groups is 1. The van der Waals surface area contributed by atoms with Crippen molar-refractivity contribution in [2.24, 2.45) is 0 Å². The summed E-state index contributed by atoms with van der Waals surface area (Å²) in [6.45, 7) is 6.26. The van der Waals surface area contributed by atoms with Gasteiger partial charge in [0.05, 0.1) is 19.3 Å². The van der Waals surface area contributed by atoms with Crippen molar-refractivity contribution in [3.8, 4) is 11.5 Å². The van der Waals surface area contributed by atoms with Crippen molar-refractivity contribution in [2.45, 2.75) is 32.7 Å². The van der Waals surface area contributed by atoms with E-state index < -0.39 is 0 Å². The lowest BCUT2D eigenvalue weighted by molar-refractivity contribution is -0.0472. The van der Waals surface area contributed by atoms with Crippen molar-refractivity contribution in [2.75, 3.05) is 20.2 Å². The Kier molecular flexibility index (Phi) is 6.12. The van der Waals surface area contributed by atoms with Crippen LogP contribution in [0.25, 0.3) is 0 Å². The third kappa shape index (κ3) is 4.54. The highest BCUT2D eigenvalue weighted by Gasteiger charge is 2.25. The Labute approximate surface area is 160 Å². The standard InChI is InChI=1S/C21H25NO3S/c1-15-12-22(13-16(2)25-15)21(26)18-9-10-19(20(11-18)23-3)24-14-17-7-5-4-6-8-17/h4-11,15-16H,12-14H2,1-3H3/t15-,16-/m0/s1. The fourth-order valence-corrected chi connectivity index (χ4v) is 3.46. The molecule has 0 radical (unpaired) electrons. The van der Waals surface area contributed by atoms with E-state index in [-0.39, 0.29) is 12.2 Å². The fourth-order valence-electron chi connectivity index (χ4n) is 3.18. The molecule has 1 heterocycles. The summed E-state index contributed by atoms with van der Waals surface area (Å²) in [5, 5.41) is 0. The van der Waals surface area contributed by atoms with E-state index in [1.807, 2.05) is 48.5 Å². The van der Waals surface area contributed by atoms with Crippen LogP contribution in [0, 0.1) is 0 Å². The van der Waals surface area contributed by atoms with Crippen LogP contribution in [0.4, 0.5) is 0 Å². The fraction of sp³-hybridized carbons (Fsp3) is 0.381. The molecule has 0 aromatic heterocycles. The van der Waals surface area contributed by atoms with Gasteiger partial charge < -0.3 is 19.1 Å². The molecule has 1 fully saturated rings. The first-order chi connectivity index (χ1) is 12.6. The van der Waals surface area contributed by atoms with Gasteiger partial charge in [0.25, 0.3) is 0 Å². The maximum atomic E-state index is 5.93. The zero-order valence-electron chi connectivity index (χ0n) is 15.5. The number of methoxy groups -OCH3 is 1. The predicted octanol–water partition coefficient (Wildman–Crippen LogP) is 4.06. The van der Waals surface area contributed by atoms with Crippen molar-refractivity contribution < 1.29 is 14.2 Å². The molecule has 0 amide bonds. The van der Waals surface area contributed by atoms with Crippen LogP contribution in [-0.2, 0) is 11.3 Å². The van der Waals surface area contributed by atoms with E-state index in [4.69, 9.17) is 26.4 Å². The monoisotopic (exact) mass is 371 g/mol. The van der Waals surface area contributed by atoms with Crippen LogP contribution in [0.3, 0.4) is 0 Å². The van der Waals surface area contributed by atoms with Gasteiger partial charge in [0.2, 0.25) is 0 Å². The SMILES string of the molecule is COc1cc(C(=S)N2C[C@H](C)O[C@@H](C)C2)ccc1OCc1ccccc1. The zero-order valence-corrected chi connectivity index (χ0v) is 16.3. The Bertz CT molecular complexity index is 740. The van der Waals surface area contributed by atoms with E-state index >= 15 is 0 Å². The van der Waals surface area contributed by atoms with Crippen LogP contribution in [0.2, 0.25) is 0 Å². The van der Waals surface area contributed by atoms with Gasteiger partial charge in [-0.2, -0.15) is 0 Å². The number of morpholine rings is 1. The molecule has 0 aliphatic carbocycles. The summed E-state index contributed by atoms with van der Waals surface area (Å²) in [7, 11) is 1.65. The van der Waals surface area contributed by atoms with Crippen molar-refractivity contribution >= 4 is 17.2 Å². The molecule has 5 heteroatoms. The lowest BCUT2D eigenvalue weighted by Gasteiger charge is -2.37. The number of benzene rings is 2. The molecule has 1 aliphatic heterocycles. The molecule has 1 aliphatic rings. The number of hydrogen-bond acceptors (Lipinski definition) is 4. The number of hydrogen-bond donors (Lipinski definition) is 0. The zero-order chi connectivity index (χ0) is 18.5. The summed E-state index contributed by atoms with van der Waals surface area (Å²) in [6.07, 6.45) is 0.346. The van der Waals surface area contributed by atoms with Gasteiger partial charge in [0.15, 0.2) is 11.5 Å². The predicted molar refractivity (Wildman–Crippen MR) is 107 cm³/mol. The summed E-state index contributed by atoms with van der Waals surface area (Å²) >= 11 is 5.71. The first-order valence-electron chi connectivity index (χ1n) is 8.86. The first-order valence-corrected chi connectivity index (χ1v) is 9.27. The average Bonchev–Trinajstić information content (AvgIpc) is 2.65. The van der Waals surface area contributed by atoms with Crippen molar-refractivity contribution in [1.29, 1.82) is 0 Å². The normalized spacial score (nSPS) is 19.9. The van der Waals surface area contributed by atoms with Gasteiger partial charge in [0.1, 0.15) is 11.6 Å². The highest BCUT2D eigenvalue weighted by Crippen LogP contribution is 2.30. The number of ether oxygens (including phenoxy) is 3. The van der Waals surface area contributed by atoms with Gasteiger partial charge in [-0.05, 0) is 37.6 Å². The molecule has 4 nitrogen and oxygen atoms in total.